The minimum absolute atomic E-state index is 0.0373. The molecule has 0 bridgehead atoms. The van der Waals surface area contributed by atoms with Gasteiger partial charge in [-0.1, -0.05) is 0 Å². The maximum Gasteiger partial charge on any atom is 0.254 e. The number of nitrogens with one attached hydrogen (secondary N) is 2. The maximum atomic E-state index is 13.5. The van der Waals surface area contributed by atoms with E-state index in [-0.39, 0.29) is 5.56 Å². The highest BCUT2D eigenvalue weighted by molar-refractivity contribution is 5.94. The smallest absolute Gasteiger partial charge is 0.254 e. The van der Waals surface area contributed by atoms with E-state index < -0.39 is 11.7 Å². The van der Waals surface area contributed by atoms with Crippen LogP contribution in [-0.2, 0) is 0 Å². The van der Waals surface area contributed by atoms with Gasteiger partial charge in [-0.25, -0.2) is 4.39 Å². The van der Waals surface area contributed by atoms with Crippen LogP contribution in [0, 0.1) is 5.82 Å². The molecule has 4 nitrogen and oxygen atoms in total. The Morgan fingerprint density at radius 2 is 2.18 bits per heavy atom. The summed E-state index contributed by atoms with van der Waals surface area (Å²) < 4.78 is 18.4. The van der Waals surface area contributed by atoms with E-state index in [0.717, 1.165) is 13.0 Å². The first-order valence-electron chi connectivity index (χ1n) is 5.45. The standard InChI is InChI=1S/C12H17FN2O2/c1-14-6-3-7-15-12(16)10-5-4-9(17-2)8-11(10)13/h4-5,8,14H,3,6-7H2,1-2H3,(H,15,16). The number of carbonyl (C=O) groups excluding carboxylic acids is 1. The molecule has 0 aliphatic carbocycles. The Bertz CT molecular complexity index is 383. The van der Waals surface area contributed by atoms with Crippen LogP contribution in [0.25, 0.3) is 0 Å². The molecule has 94 valence electrons. The lowest BCUT2D eigenvalue weighted by Gasteiger charge is -2.07. The van der Waals surface area contributed by atoms with E-state index in [1.165, 1.54) is 19.2 Å². The number of hydrogen-bond donors (Lipinski definition) is 2. The molecule has 17 heavy (non-hydrogen) atoms. The quantitative estimate of drug-likeness (QED) is 0.734. The van der Waals surface area contributed by atoms with Gasteiger partial charge in [0.25, 0.3) is 5.91 Å². The molecule has 0 aromatic heterocycles. The van der Waals surface area contributed by atoms with E-state index >= 15 is 0 Å². The first-order valence-corrected chi connectivity index (χ1v) is 5.45. The largest absolute Gasteiger partial charge is 0.497 e. The molecule has 0 aliphatic heterocycles. The lowest BCUT2D eigenvalue weighted by Crippen LogP contribution is -2.27. The number of ether oxygens (including phenoxy) is 1. The first kappa shape index (κ1) is 13.4. The molecule has 2 N–H and O–H groups in total. The highest BCUT2D eigenvalue weighted by atomic mass is 19.1. The maximum absolute atomic E-state index is 13.5. The molecule has 0 saturated heterocycles. The molecule has 5 heteroatoms. The Labute approximate surface area is 100 Å². The summed E-state index contributed by atoms with van der Waals surface area (Å²) in [4.78, 5) is 11.6. The van der Waals surface area contributed by atoms with E-state index in [4.69, 9.17) is 4.74 Å². The zero-order valence-electron chi connectivity index (χ0n) is 10.0. The normalized spacial score (nSPS) is 10.1. The molecule has 0 heterocycles. The summed E-state index contributed by atoms with van der Waals surface area (Å²) in [6.45, 7) is 1.33. The van der Waals surface area contributed by atoms with Crippen molar-refractivity contribution in [1.29, 1.82) is 0 Å². The Morgan fingerprint density at radius 3 is 2.76 bits per heavy atom. The van der Waals surface area contributed by atoms with Crippen molar-refractivity contribution in [2.24, 2.45) is 0 Å². The van der Waals surface area contributed by atoms with Crippen molar-refractivity contribution in [2.75, 3.05) is 27.2 Å². The van der Waals surface area contributed by atoms with Gasteiger partial charge in [-0.05, 0) is 32.1 Å². The fourth-order valence-corrected chi connectivity index (χ4v) is 1.37. The van der Waals surface area contributed by atoms with E-state index in [9.17, 15) is 9.18 Å². The minimum atomic E-state index is -0.574. The number of carbonyl (C=O) groups is 1. The zero-order valence-corrected chi connectivity index (χ0v) is 10.0. The number of hydrogen-bond acceptors (Lipinski definition) is 3. The van der Waals surface area contributed by atoms with E-state index in [2.05, 4.69) is 10.6 Å². The lowest BCUT2D eigenvalue weighted by molar-refractivity contribution is 0.0949. The van der Waals surface area contributed by atoms with Crippen LogP contribution in [0.3, 0.4) is 0 Å². The van der Waals surface area contributed by atoms with Crippen LogP contribution in [0.2, 0.25) is 0 Å². The molecule has 1 aromatic rings. The summed E-state index contributed by atoms with van der Waals surface area (Å²) in [6, 6.07) is 4.18. The fourth-order valence-electron chi connectivity index (χ4n) is 1.37. The van der Waals surface area contributed by atoms with Gasteiger partial charge in [-0.3, -0.25) is 4.79 Å². The van der Waals surface area contributed by atoms with Crippen LogP contribution in [-0.4, -0.2) is 33.2 Å². The number of benzene rings is 1. The van der Waals surface area contributed by atoms with Crippen molar-refractivity contribution in [1.82, 2.24) is 10.6 Å². The van der Waals surface area contributed by atoms with Gasteiger partial charge >= 0.3 is 0 Å². The van der Waals surface area contributed by atoms with Gasteiger partial charge in [0.2, 0.25) is 0 Å². The van der Waals surface area contributed by atoms with Gasteiger partial charge in [-0.2, -0.15) is 0 Å². The van der Waals surface area contributed by atoms with Crippen LogP contribution >= 0.6 is 0 Å². The summed E-state index contributed by atoms with van der Waals surface area (Å²) >= 11 is 0. The highest BCUT2D eigenvalue weighted by Gasteiger charge is 2.11. The minimum Gasteiger partial charge on any atom is -0.497 e. The molecular formula is C12H17FN2O2. The summed E-state index contributed by atoms with van der Waals surface area (Å²) in [5, 5.41) is 5.62. The molecule has 0 saturated carbocycles. The third-order valence-electron chi connectivity index (χ3n) is 2.31. The topological polar surface area (TPSA) is 50.4 Å². The highest BCUT2D eigenvalue weighted by Crippen LogP contribution is 2.15. The van der Waals surface area contributed by atoms with Gasteiger partial charge < -0.3 is 15.4 Å². The number of halogens is 1. The van der Waals surface area contributed by atoms with E-state index in [1.54, 1.807) is 6.07 Å². The van der Waals surface area contributed by atoms with Gasteiger partial charge in [-0.15, -0.1) is 0 Å². The Balaban J connectivity index is 2.57. The molecule has 1 rings (SSSR count). The van der Waals surface area contributed by atoms with Crippen molar-refractivity contribution in [3.8, 4) is 5.75 Å². The summed E-state index contributed by atoms with van der Waals surface area (Å²) in [7, 11) is 3.29. The second-order valence-electron chi connectivity index (χ2n) is 3.56. The number of amides is 1. The second kappa shape index (κ2) is 6.85. The molecule has 0 atom stereocenters. The Hall–Kier alpha value is -1.62. The van der Waals surface area contributed by atoms with Gasteiger partial charge in [0.1, 0.15) is 11.6 Å². The number of rotatable bonds is 6. The molecular weight excluding hydrogens is 223 g/mol. The van der Waals surface area contributed by atoms with Gasteiger partial charge in [0.05, 0.1) is 12.7 Å². The van der Waals surface area contributed by atoms with Crippen LogP contribution in [0.15, 0.2) is 18.2 Å². The fraction of sp³-hybridized carbons (Fsp3) is 0.417. The molecule has 0 unspecified atom stereocenters. The molecule has 1 amide bonds. The molecule has 1 aromatic carbocycles. The van der Waals surface area contributed by atoms with Crippen molar-refractivity contribution >= 4 is 5.91 Å². The Kier molecular flexibility index (Phi) is 5.42. The van der Waals surface area contributed by atoms with Crippen molar-refractivity contribution in [3.05, 3.63) is 29.6 Å². The van der Waals surface area contributed by atoms with Crippen molar-refractivity contribution in [3.63, 3.8) is 0 Å². The van der Waals surface area contributed by atoms with Gasteiger partial charge in [0, 0.05) is 12.6 Å². The van der Waals surface area contributed by atoms with E-state index in [0.29, 0.717) is 12.3 Å². The van der Waals surface area contributed by atoms with Crippen LogP contribution in [0.5, 0.6) is 5.75 Å². The predicted octanol–water partition coefficient (Wildman–Crippen LogP) is 1.17. The summed E-state index contributed by atoms with van der Waals surface area (Å²) in [5.41, 5.74) is 0.0373. The number of methoxy groups -OCH3 is 1. The summed E-state index contributed by atoms with van der Waals surface area (Å²) in [6.07, 6.45) is 0.806. The first-order chi connectivity index (χ1) is 8.19. The average molecular weight is 240 g/mol. The van der Waals surface area contributed by atoms with Crippen LogP contribution < -0.4 is 15.4 Å². The molecule has 0 aliphatic rings. The third-order valence-corrected chi connectivity index (χ3v) is 2.31. The van der Waals surface area contributed by atoms with Crippen molar-refractivity contribution < 1.29 is 13.9 Å². The summed E-state index contributed by atoms with van der Waals surface area (Å²) in [5.74, 6) is -0.578. The molecule has 0 radical (unpaired) electrons. The monoisotopic (exact) mass is 240 g/mol. The molecule has 0 fully saturated rings. The predicted molar refractivity (Wildman–Crippen MR) is 63.8 cm³/mol. The van der Waals surface area contributed by atoms with E-state index in [1.807, 2.05) is 7.05 Å². The second-order valence-corrected chi connectivity index (χ2v) is 3.56. The van der Waals surface area contributed by atoms with Crippen LogP contribution in [0.4, 0.5) is 4.39 Å². The van der Waals surface area contributed by atoms with Gasteiger partial charge in [0.15, 0.2) is 0 Å². The third kappa shape index (κ3) is 4.03. The SMILES string of the molecule is CNCCCNC(=O)c1ccc(OC)cc1F. The lowest BCUT2D eigenvalue weighted by atomic mass is 10.2. The van der Waals surface area contributed by atoms with Crippen LogP contribution in [0.1, 0.15) is 16.8 Å². The Morgan fingerprint density at radius 1 is 1.41 bits per heavy atom. The molecule has 0 spiro atoms. The average Bonchev–Trinajstić information content (AvgIpc) is 2.34. The van der Waals surface area contributed by atoms with Crippen molar-refractivity contribution in [2.45, 2.75) is 6.42 Å². The zero-order chi connectivity index (χ0) is 12.7.